The maximum atomic E-state index is 11.8. The van der Waals surface area contributed by atoms with E-state index in [1.807, 2.05) is 18.2 Å². The normalized spacial score (nSPS) is 12.2. The second-order valence-corrected chi connectivity index (χ2v) is 9.48. The van der Waals surface area contributed by atoms with Gasteiger partial charge in [0.25, 0.3) is 0 Å². The van der Waals surface area contributed by atoms with Crippen LogP contribution in [0.4, 0.5) is 4.79 Å². The highest BCUT2D eigenvalue weighted by Crippen LogP contribution is 2.17. The molecule has 9 heteroatoms. The van der Waals surface area contributed by atoms with Crippen LogP contribution in [-0.4, -0.2) is 43.6 Å². The molecule has 1 amide bonds. The zero-order valence-corrected chi connectivity index (χ0v) is 17.5. The smallest absolute Gasteiger partial charge is 0.408 e. The Morgan fingerprint density at radius 2 is 1.72 bits per heavy atom. The van der Waals surface area contributed by atoms with Crippen molar-refractivity contribution in [2.75, 3.05) is 12.0 Å². The highest BCUT2D eigenvalue weighted by Gasteiger charge is 2.20. The summed E-state index contributed by atoms with van der Waals surface area (Å²) in [6.45, 7) is 0.0667. The van der Waals surface area contributed by atoms with Gasteiger partial charge in [-0.25, -0.2) is 18.0 Å². The van der Waals surface area contributed by atoms with Gasteiger partial charge in [-0.1, -0.05) is 42.5 Å². The fourth-order valence-electron chi connectivity index (χ4n) is 2.39. The Morgan fingerprint density at radius 1 is 1.07 bits per heavy atom. The molecule has 2 rings (SSSR count). The van der Waals surface area contributed by atoms with Gasteiger partial charge in [0.15, 0.2) is 9.84 Å². The van der Waals surface area contributed by atoms with Gasteiger partial charge in [-0.3, -0.25) is 0 Å². The number of alkyl carbamates (subject to hydrolysis) is 1. The van der Waals surface area contributed by atoms with Gasteiger partial charge < -0.3 is 15.2 Å². The van der Waals surface area contributed by atoms with Crippen LogP contribution in [0.3, 0.4) is 0 Å². The van der Waals surface area contributed by atoms with E-state index in [-0.39, 0.29) is 17.9 Å². The van der Waals surface area contributed by atoms with Gasteiger partial charge in [-0.05, 0) is 35.4 Å². The van der Waals surface area contributed by atoms with Gasteiger partial charge in [0.2, 0.25) is 0 Å². The lowest BCUT2D eigenvalue weighted by Crippen LogP contribution is -2.41. The van der Waals surface area contributed by atoms with Crippen LogP contribution in [0.25, 0.3) is 0 Å². The first-order valence-electron chi connectivity index (χ1n) is 8.82. The van der Waals surface area contributed by atoms with Crippen LogP contribution >= 0.6 is 11.8 Å². The van der Waals surface area contributed by atoms with Crippen molar-refractivity contribution in [3.05, 3.63) is 65.7 Å². The number of ether oxygens (including phenoxy) is 1. The molecule has 0 saturated heterocycles. The van der Waals surface area contributed by atoms with E-state index < -0.39 is 27.9 Å². The van der Waals surface area contributed by atoms with E-state index in [0.29, 0.717) is 11.5 Å². The maximum absolute atomic E-state index is 11.8. The third-order valence-corrected chi connectivity index (χ3v) is 6.16. The Kier molecular flexibility index (Phi) is 8.53. The van der Waals surface area contributed by atoms with Gasteiger partial charge in [-0.2, -0.15) is 11.8 Å². The SMILES string of the molecule is CS(=O)(=O)c1ccc(CSCCC(NC(=O)OCc2ccccc2)C(=O)O)cc1. The van der Waals surface area contributed by atoms with Crippen molar-refractivity contribution in [1.82, 2.24) is 5.32 Å². The molecule has 0 aliphatic carbocycles. The number of aliphatic carboxylic acids is 1. The van der Waals surface area contributed by atoms with E-state index in [1.165, 1.54) is 11.8 Å². The van der Waals surface area contributed by atoms with E-state index >= 15 is 0 Å². The minimum Gasteiger partial charge on any atom is -0.480 e. The Labute approximate surface area is 174 Å². The van der Waals surface area contributed by atoms with Crippen molar-refractivity contribution in [3.63, 3.8) is 0 Å². The first-order valence-corrected chi connectivity index (χ1v) is 11.9. The van der Waals surface area contributed by atoms with E-state index in [4.69, 9.17) is 4.74 Å². The lowest BCUT2D eigenvalue weighted by atomic mass is 10.2. The number of hydrogen-bond acceptors (Lipinski definition) is 6. The Balaban J connectivity index is 1.74. The third-order valence-electron chi connectivity index (χ3n) is 3.97. The van der Waals surface area contributed by atoms with Crippen molar-refractivity contribution in [1.29, 1.82) is 0 Å². The Bertz CT molecular complexity index is 914. The van der Waals surface area contributed by atoms with Gasteiger partial charge in [0.1, 0.15) is 12.6 Å². The van der Waals surface area contributed by atoms with Crippen LogP contribution in [-0.2, 0) is 31.7 Å². The quantitative estimate of drug-likeness (QED) is 0.550. The number of carboxylic acids is 1. The molecule has 0 bridgehead atoms. The average Bonchev–Trinajstić information content (AvgIpc) is 2.69. The monoisotopic (exact) mass is 437 g/mol. The predicted octanol–water partition coefficient (Wildman–Crippen LogP) is 3.09. The highest BCUT2D eigenvalue weighted by atomic mass is 32.2. The van der Waals surface area contributed by atoms with Gasteiger partial charge in [-0.15, -0.1) is 0 Å². The van der Waals surface area contributed by atoms with Crippen molar-refractivity contribution in [2.24, 2.45) is 0 Å². The van der Waals surface area contributed by atoms with Crippen LogP contribution in [0.2, 0.25) is 0 Å². The Morgan fingerprint density at radius 3 is 2.31 bits per heavy atom. The minimum atomic E-state index is -3.22. The molecule has 0 heterocycles. The third kappa shape index (κ3) is 8.16. The summed E-state index contributed by atoms with van der Waals surface area (Å²) in [5, 5.41) is 11.7. The number of hydrogen-bond donors (Lipinski definition) is 2. The topological polar surface area (TPSA) is 110 Å². The second-order valence-electron chi connectivity index (χ2n) is 6.35. The standard InChI is InChI=1S/C20H23NO6S2/c1-29(25,26)17-9-7-16(8-10-17)14-28-12-11-18(19(22)23)21-20(24)27-13-15-5-3-2-4-6-15/h2-10,18H,11-14H2,1H3,(H,21,24)(H,22,23). The number of nitrogens with one attached hydrogen (secondary N) is 1. The number of thioether (sulfide) groups is 1. The summed E-state index contributed by atoms with van der Waals surface area (Å²) in [5.41, 5.74) is 1.75. The second kappa shape index (κ2) is 10.9. The summed E-state index contributed by atoms with van der Waals surface area (Å²) in [6, 6.07) is 14.6. The summed E-state index contributed by atoms with van der Waals surface area (Å²) in [5.74, 6) is -0.0155. The molecule has 0 aromatic heterocycles. The van der Waals surface area contributed by atoms with E-state index in [2.05, 4.69) is 5.32 Å². The maximum Gasteiger partial charge on any atom is 0.408 e. The van der Waals surface area contributed by atoms with Gasteiger partial charge in [0.05, 0.1) is 4.90 Å². The van der Waals surface area contributed by atoms with Gasteiger partial charge >= 0.3 is 12.1 Å². The molecular formula is C20H23NO6S2. The van der Waals surface area contributed by atoms with Crippen molar-refractivity contribution >= 4 is 33.7 Å². The molecule has 0 aliphatic heterocycles. The minimum absolute atomic E-state index is 0.0667. The zero-order chi connectivity index (χ0) is 21.3. The summed E-state index contributed by atoms with van der Waals surface area (Å²) < 4.78 is 28.0. The molecule has 0 saturated carbocycles. The lowest BCUT2D eigenvalue weighted by Gasteiger charge is -2.14. The molecule has 2 aromatic rings. The van der Waals surface area contributed by atoms with Crippen molar-refractivity contribution in [3.8, 4) is 0 Å². The molecule has 1 unspecified atom stereocenters. The first-order chi connectivity index (χ1) is 13.8. The molecule has 0 radical (unpaired) electrons. The van der Waals surface area contributed by atoms with Crippen LogP contribution in [0.15, 0.2) is 59.5 Å². The zero-order valence-electron chi connectivity index (χ0n) is 15.9. The van der Waals surface area contributed by atoms with Crippen LogP contribution < -0.4 is 5.32 Å². The number of amides is 1. The van der Waals surface area contributed by atoms with Gasteiger partial charge in [0, 0.05) is 12.0 Å². The van der Waals surface area contributed by atoms with Crippen molar-refractivity contribution in [2.45, 2.75) is 29.7 Å². The Hall–Kier alpha value is -2.52. The summed E-state index contributed by atoms with van der Waals surface area (Å²) >= 11 is 1.50. The molecule has 156 valence electrons. The molecule has 2 aromatic carbocycles. The largest absolute Gasteiger partial charge is 0.480 e. The lowest BCUT2D eigenvalue weighted by molar-refractivity contribution is -0.139. The number of carbonyl (C=O) groups excluding carboxylic acids is 1. The number of rotatable bonds is 10. The van der Waals surface area contributed by atoms with Crippen molar-refractivity contribution < 1.29 is 27.9 Å². The summed E-state index contributed by atoms with van der Waals surface area (Å²) in [4.78, 5) is 23.5. The van der Waals surface area contributed by atoms with Crippen LogP contribution in [0.1, 0.15) is 17.5 Å². The van der Waals surface area contributed by atoms with Crippen LogP contribution in [0, 0.1) is 0 Å². The molecule has 29 heavy (non-hydrogen) atoms. The van der Waals surface area contributed by atoms with Crippen LogP contribution in [0.5, 0.6) is 0 Å². The molecule has 7 nitrogen and oxygen atoms in total. The molecule has 1 atom stereocenters. The average molecular weight is 438 g/mol. The van der Waals surface area contributed by atoms with E-state index in [1.54, 1.807) is 36.4 Å². The number of carbonyl (C=O) groups is 2. The fourth-order valence-corrected chi connectivity index (χ4v) is 3.99. The van der Waals surface area contributed by atoms with E-state index in [9.17, 15) is 23.1 Å². The number of sulfone groups is 1. The number of benzene rings is 2. The fraction of sp³-hybridized carbons (Fsp3) is 0.300. The summed E-state index contributed by atoms with van der Waals surface area (Å²) in [6.07, 6.45) is 0.616. The molecule has 0 fully saturated rings. The molecule has 0 spiro atoms. The van der Waals surface area contributed by atoms with E-state index in [0.717, 1.165) is 17.4 Å². The highest BCUT2D eigenvalue weighted by molar-refractivity contribution is 7.98. The first kappa shape index (κ1) is 22.8. The molecular weight excluding hydrogens is 414 g/mol. The summed E-state index contributed by atoms with van der Waals surface area (Å²) in [7, 11) is -3.22. The predicted molar refractivity (Wildman–Crippen MR) is 112 cm³/mol. The number of carboxylic acid groups (broad SMARTS) is 1. The molecule has 0 aliphatic rings. The molecule has 2 N–H and O–H groups in total.